The normalized spacial score (nSPS) is 20.2. The van der Waals surface area contributed by atoms with E-state index in [0.29, 0.717) is 10.4 Å². The van der Waals surface area contributed by atoms with Crippen LogP contribution in [-0.2, 0) is 13.1 Å². The lowest BCUT2D eigenvalue weighted by Crippen LogP contribution is -2.32. The number of hydrogen-bond acceptors (Lipinski definition) is 5. The highest BCUT2D eigenvalue weighted by atomic mass is 35.5. The fourth-order valence-electron chi connectivity index (χ4n) is 2.58. The van der Waals surface area contributed by atoms with Crippen LogP contribution in [-0.4, -0.2) is 36.9 Å². The van der Waals surface area contributed by atoms with E-state index in [1.807, 2.05) is 10.9 Å². The molecule has 0 spiro atoms. The van der Waals surface area contributed by atoms with E-state index in [-0.39, 0.29) is 0 Å². The number of aromatic nitrogens is 4. The molecule has 0 aromatic carbocycles. The minimum absolute atomic E-state index is 0.511. The van der Waals surface area contributed by atoms with Crippen LogP contribution < -0.4 is 0 Å². The van der Waals surface area contributed by atoms with Gasteiger partial charge in [0, 0.05) is 30.3 Å². The van der Waals surface area contributed by atoms with Gasteiger partial charge in [0.1, 0.15) is 10.0 Å². The molecule has 0 unspecified atom stereocenters. The molecule has 2 aromatic rings. The summed E-state index contributed by atoms with van der Waals surface area (Å²) in [7, 11) is 0. The Hall–Kier alpha value is -0.980. The molecule has 1 aliphatic heterocycles. The monoisotopic (exact) mass is 297 g/mol. The van der Waals surface area contributed by atoms with Gasteiger partial charge in [-0.1, -0.05) is 16.1 Å². The first-order chi connectivity index (χ1) is 9.22. The van der Waals surface area contributed by atoms with E-state index in [1.165, 1.54) is 29.9 Å². The second kappa shape index (κ2) is 5.56. The van der Waals surface area contributed by atoms with Crippen LogP contribution in [0.3, 0.4) is 0 Å². The van der Waals surface area contributed by atoms with Crippen molar-refractivity contribution in [1.29, 1.82) is 0 Å². The van der Waals surface area contributed by atoms with Crippen molar-refractivity contribution < 1.29 is 0 Å². The maximum absolute atomic E-state index is 6.08. The SMILES string of the molecule is Cc1cnn(C[C@@H]2CCCN2Cc2nnsc2Cl)c1. The summed E-state index contributed by atoms with van der Waals surface area (Å²) in [6.45, 7) is 4.89. The molecule has 1 fully saturated rings. The maximum Gasteiger partial charge on any atom is 0.138 e. The molecule has 7 heteroatoms. The Bertz CT molecular complexity index is 552. The maximum atomic E-state index is 6.08. The molecule has 19 heavy (non-hydrogen) atoms. The zero-order valence-corrected chi connectivity index (χ0v) is 12.4. The molecule has 1 atom stereocenters. The number of nitrogens with zero attached hydrogens (tertiary/aromatic N) is 5. The summed E-state index contributed by atoms with van der Waals surface area (Å²) >= 11 is 7.34. The molecule has 0 saturated carbocycles. The van der Waals surface area contributed by atoms with Gasteiger partial charge in [0.25, 0.3) is 0 Å². The molecule has 3 heterocycles. The van der Waals surface area contributed by atoms with E-state index in [1.54, 1.807) is 0 Å². The molecule has 0 radical (unpaired) electrons. The average Bonchev–Trinajstić information content (AvgIpc) is 3.07. The van der Waals surface area contributed by atoms with Gasteiger partial charge in [0.05, 0.1) is 12.7 Å². The van der Waals surface area contributed by atoms with Crippen molar-refractivity contribution in [2.24, 2.45) is 0 Å². The van der Waals surface area contributed by atoms with Crippen LogP contribution in [0.1, 0.15) is 24.1 Å². The Morgan fingerprint density at radius 2 is 2.42 bits per heavy atom. The van der Waals surface area contributed by atoms with Gasteiger partial charge < -0.3 is 0 Å². The minimum atomic E-state index is 0.511. The summed E-state index contributed by atoms with van der Waals surface area (Å²) in [4.78, 5) is 2.43. The summed E-state index contributed by atoms with van der Waals surface area (Å²) in [5.74, 6) is 0. The summed E-state index contributed by atoms with van der Waals surface area (Å²) in [6, 6.07) is 0.511. The molecule has 0 N–H and O–H groups in total. The molecule has 0 bridgehead atoms. The van der Waals surface area contributed by atoms with E-state index in [2.05, 4.69) is 32.7 Å². The Balaban J connectivity index is 1.66. The van der Waals surface area contributed by atoms with Crippen LogP contribution in [0.25, 0.3) is 0 Å². The van der Waals surface area contributed by atoms with Gasteiger partial charge in [0.15, 0.2) is 0 Å². The molecule has 0 aliphatic carbocycles. The predicted octanol–water partition coefficient (Wildman–Crippen LogP) is 2.36. The number of halogens is 1. The quantitative estimate of drug-likeness (QED) is 0.869. The third-order valence-corrected chi connectivity index (χ3v) is 4.51. The molecule has 102 valence electrons. The van der Waals surface area contributed by atoms with E-state index in [9.17, 15) is 0 Å². The first-order valence-corrected chi connectivity index (χ1v) is 7.57. The van der Waals surface area contributed by atoms with Crippen molar-refractivity contribution in [2.45, 2.75) is 38.9 Å². The third-order valence-electron chi connectivity index (χ3n) is 3.52. The van der Waals surface area contributed by atoms with E-state index in [4.69, 9.17) is 11.6 Å². The number of likely N-dealkylation sites (tertiary alicyclic amines) is 1. The van der Waals surface area contributed by atoms with Gasteiger partial charge in [-0.25, -0.2) is 0 Å². The second-order valence-electron chi connectivity index (χ2n) is 5.00. The molecule has 0 amide bonds. The van der Waals surface area contributed by atoms with Gasteiger partial charge in [0.2, 0.25) is 0 Å². The van der Waals surface area contributed by atoms with Crippen molar-refractivity contribution in [1.82, 2.24) is 24.3 Å². The molecule has 2 aromatic heterocycles. The smallest absolute Gasteiger partial charge is 0.138 e. The Labute approximate surface area is 121 Å². The number of aryl methyl sites for hydroxylation is 1. The summed E-state index contributed by atoms with van der Waals surface area (Å²) in [5, 5.41) is 8.46. The summed E-state index contributed by atoms with van der Waals surface area (Å²) in [6.07, 6.45) is 6.42. The molecule has 3 rings (SSSR count). The lowest BCUT2D eigenvalue weighted by molar-refractivity contribution is 0.217. The van der Waals surface area contributed by atoms with E-state index in [0.717, 1.165) is 25.3 Å². The third kappa shape index (κ3) is 2.96. The van der Waals surface area contributed by atoms with Crippen LogP contribution in [0.4, 0.5) is 0 Å². The fourth-order valence-corrected chi connectivity index (χ4v) is 3.19. The van der Waals surface area contributed by atoms with Crippen molar-refractivity contribution in [3.05, 3.63) is 28.0 Å². The first kappa shape index (κ1) is 13.0. The van der Waals surface area contributed by atoms with Gasteiger partial charge in [-0.3, -0.25) is 9.58 Å². The molecule has 5 nitrogen and oxygen atoms in total. The van der Waals surface area contributed by atoms with Gasteiger partial charge in [-0.2, -0.15) is 5.10 Å². The highest BCUT2D eigenvalue weighted by Crippen LogP contribution is 2.25. The van der Waals surface area contributed by atoms with Crippen LogP contribution in [0.2, 0.25) is 4.34 Å². The topological polar surface area (TPSA) is 46.8 Å². The highest BCUT2D eigenvalue weighted by molar-refractivity contribution is 7.10. The second-order valence-corrected chi connectivity index (χ2v) is 6.36. The molecular weight excluding hydrogens is 282 g/mol. The predicted molar refractivity (Wildman–Crippen MR) is 75.3 cm³/mol. The fraction of sp³-hybridized carbons (Fsp3) is 0.583. The van der Waals surface area contributed by atoms with Crippen molar-refractivity contribution in [3.8, 4) is 0 Å². The van der Waals surface area contributed by atoms with Crippen molar-refractivity contribution in [3.63, 3.8) is 0 Å². The summed E-state index contributed by atoms with van der Waals surface area (Å²) in [5.41, 5.74) is 2.10. The lowest BCUT2D eigenvalue weighted by atomic mass is 10.2. The first-order valence-electron chi connectivity index (χ1n) is 6.42. The standard InChI is InChI=1S/C12H16ClN5S/c1-9-5-14-18(6-9)7-10-3-2-4-17(10)8-11-12(13)19-16-15-11/h5-6,10H,2-4,7-8H2,1H3/t10-/m0/s1. The molecule has 1 aliphatic rings. The molecule has 1 saturated heterocycles. The van der Waals surface area contributed by atoms with Crippen LogP contribution in [0, 0.1) is 6.92 Å². The highest BCUT2D eigenvalue weighted by Gasteiger charge is 2.26. The van der Waals surface area contributed by atoms with Gasteiger partial charge in [-0.15, -0.1) is 5.10 Å². The van der Waals surface area contributed by atoms with E-state index < -0.39 is 0 Å². The van der Waals surface area contributed by atoms with E-state index >= 15 is 0 Å². The minimum Gasteiger partial charge on any atom is -0.293 e. The lowest BCUT2D eigenvalue weighted by Gasteiger charge is -2.23. The average molecular weight is 298 g/mol. The largest absolute Gasteiger partial charge is 0.293 e. The van der Waals surface area contributed by atoms with Gasteiger partial charge in [-0.05, 0) is 31.9 Å². The zero-order valence-electron chi connectivity index (χ0n) is 10.8. The number of rotatable bonds is 4. The summed E-state index contributed by atoms with van der Waals surface area (Å²) < 4.78 is 6.63. The Morgan fingerprint density at radius 1 is 1.53 bits per heavy atom. The van der Waals surface area contributed by atoms with Crippen molar-refractivity contribution in [2.75, 3.05) is 6.54 Å². The Morgan fingerprint density at radius 3 is 3.11 bits per heavy atom. The van der Waals surface area contributed by atoms with Crippen LogP contribution >= 0.6 is 23.1 Å². The Kier molecular flexibility index (Phi) is 3.81. The van der Waals surface area contributed by atoms with Crippen molar-refractivity contribution >= 4 is 23.1 Å². The number of hydrogen-bond donors (Lipinski definition) is 0. The molecular formula is C12H16ClN5S. The van der Waals surface area contributed by atoms with Crippen LogP contribution in [0.5, 0.6) is 0 Å². The zero-order chi connectivity index (χ0) is 13.2. The van der Waals surface area contributed by atoms with Gasteiger partial charge >= 0.3 is 0 Å². The van der Waals surface area contributed by atoms with Crippen LogP contribution in [0.15, 0.2) is 12.4 Å².